The van der Waals surface area contributed by atoms with Crippen molar-refractivity contribution in [2.45, 2.75) is 32.6 Å². The predicted octanol–water partition coefficient (Wildman–Crippen LogP) is 3.45. The van der Waals surface area contributed by atoms with E-state index in [1.54, 1.807) is 0 Å². The lowest BCUT2D eigenvalue weighted by Crippen LogP contribution is -1.95. The lowest BCUT2D eigenvalue weighted by molar-refractivity contribution is -0.137. The molecule has 1 aromatic rings. The van der Waals surface area contributed by atoms with Crippen LogP contribution in [0.5, 0.6) is 0 Å². The van der Waals surface area contributed by atoms with Crippen molar-refractivity contribution in [1.29, 1.82) is 0 Å². The van der Waals surface area contributed by atoms with Gasteiger partial charge >= 0.3 is 5.97 Å². The first-order chi connectivity index (χ1) is 7.09. The van der Waals surface area contributed by atoms with E-state index < -0.39 is 5.97 Å². The highest BCUT2D eigenvalue weighted by atomic mass is 35.5. The minimum atomic E-state index is -0.725. The fourth-order valence-electron chi connectivity index (χ4n) is 1.40. The molecule has 0 atom stereocenters. The van der Waals surface area contributed by atoms with Crippen LogP contribution < -0.4 is 0 Å². The Morgan fingerprint density at radius 1 is 1.40 bits per heavy atom. The first-order valence-corrected chi connectivity index (χ1v) is 5.44. The van der Waals surface area contributed by atoms with E-state index in [1.165, 1.54) is 5.56 Å². The number of aliphatic carboxylic acids is 1. The van der Waals surface area contributed by atoms with Crippen LogP contribution >= 0.6 is 11.6 Å². The average molecular weight is 227 g/mol. The molecule has 3 heteroatoms. The van der Waals surface area contributed by atoms with E-state index in [-0.39, 0.29) is 6.42 Å². The highest BCUT2D eigenvalue weighted by Crippen LogP contribution is 2.18. The largest absolute Gasteiger partial charge is 0.481 e. The minimum absolute atomic E-state index is 0.250. The normalized spacial score (nSPS) is 10.3. The Morgan fingerprint density at radius 3 is 2.73 bits per heavy atom. The summed E-state index contributed by atoms with van der Waals surface area (Å²) < 4.78 is 0. The minimum Gasteiger partial charge on any atom is -0.481 e. The van der Waals surface area contributed by atoms with Gasteiger partial charge in [-0.2, -0.15) is 0 Å². The fourth-order valence-corrected chi connectivity index (χ4v) is 1.60. The standard InChI is InChI=1S/C12H15ClO2/c1-9-6-7-10(8-11(9)13)4-2-3-5-12(14)15/h6-8H,2-5H2,1H3,(H,14,15). The maximum absolute atomic E-state index is 10.3. The number of benzene rings is 1. The first-order valence-electron chi connectivity index (χ1n) is 5.06. The molecule has 82 valence electrons. The lowest BCUT2D eigenvalue weighted by atomic mass is 10.1. The molecule has 0 saturated heterocycles. The molecule has 0 aliphatic heterocycles. The molecule has 2 nitrogen and oxygen atoms in total. The topological polar surface area (TPSA) is 37.3 Å². The highest BCUT2D eigenvalue weighted by Gasteiger charge is 2.00. The Labute approximate surface area is 94.9 Å². The van der Waals surface area contributed by atoms with Gasteiger partial charge in [-0.15, -0.1) is 0 Å². The van der Waals surface area contributed by atoms with E-state index in [2.05, 4.69) is 0 Å². The quantitative estimate of drug-likeness (QED) is 0.781. The van der Waals surface area contributed by atoms with Gasteiger partial charge in [-0.25, -0.2) is 0 Å². The van der Waals surface area contributed by atoms with Gasteiger partial charge in [0.15, 0.2) is 0 Å². The summed E-state index contributed by atoms with van der Waals surface area (Å²) in [6, 6.07) is 5.99. The van der Waals surface area contributed by atoms with Crippen LogP contribution in [0.3, 0.4) is 0 Å². The number of hydrogen-bond donors (Lipinski definition) is 1. The molecule has 1 rings (SSSR count). The van der Waals surface area contributed by atoms with E-state index in [9.17, 15) is 4.79 Å². The molecule has 0 bridgehead atoms. The maximum atomic E-state index is 10.3. The summed E-state index contributed by atoms with van der Waals surface area (Å²) in [5.74, 6) is -0.725. The second kappa shape index (κ2) is 5.76. The van der Waals surface area contributed by atoms with E-state index in [4.69, 9.17) is 16.7 Å². The van der Waals surface area contributed by atoms with Crippen molar-refractivity contribution in [2.75, 3.05) is 0 Å². The molecular formula is C12H15ClO2. The van der Waals surface area contributed by atoms with Gasteiger partial charge < -0.3 is 5.11 Å². The second-order valence-corrected chi connectivity index (χ2v) is 4.09. The average Bonchev–Trinajstić information content (AvgIpc) is 2.18. The van der Waals surface area contributed by atoms with Crippen LogP contribution in [-0.4, -0.2) is 11.1 Å². The number of rotatable bonds is 5. The van der Waals surface area contributed by atoms with Crippen molar-refractivity contribution in [2.24, 2.45) is 0 Å². The van der Waals surface area contributed by atoms with Crippen LogP contribution in [0.2, 0.25) is 5.02 Å². The summed E-state index contributed by atoms with van der Waals surface area (Å²) in [6.07, 6.45) is 2.76. The van der Waals surface area contributed by atoms with Gasteiger partial charge in [-0.1, -0.05) is 23.7 Å². The van der Waals surface area contributed by atoms with Gasteiger partial charge in [0.25, 0.3) is 0 Å². The van der Waals surface area contributed by atoms with Crippen molar-refractivity contribution >= 4 is 17.6 Å². The first kappa shape index (κ1) is 12.1. The number of carboxylic acids is 1. The van der Waals surface area contributed by atoms with Crippen molar-refractivity contribution in [3.05, 3.63) is 34.3 Å². The Balaban J connectivity index is 2.38. The SMILES string of the molecule is Cc1ccc(CCCCC(=O)O)cc1Cl. The molecule has 1 aromatic carbocycles. The van der Waals surface area contributed by atoms with E-state index in [1.807, 2.05) is 25.1 Å². The van der Waals surface area contributed by atoms with Gasteiger partial charge in [-0.3, -0.25) is 4.79 Å². The summed E-state index contributed by atoms with van der Waals surface area (Å²) in [4.78, 5) is 10.3. The molecule has 0 heterocycles. The summed E-state index contributed by atoms with van der Waals surface area (Å²) in [5, 5.41) is 9.25. The van der Waals surface area contributed by atoms with E-state index in [0.717, 1.165) is 29.8 Å². The van der Waals surface area contributed by atoms with E-state index in [0.29, 0.717) is 0 Å². The van der Waals surface area contributed by atoms with E-state index >= 15 is 0 Å². The van der Waals surface area contributed by atoms with Gasteiger partial charge in [0, 0.05) is 11.4 Å². The van der Waals surface area contributed by atoms with Gasteiger partial charge in [-0.05, 0) is 43.4 Å². The lowest BCUT2D eigenvalue weighted by Gasteiger charge is -2.03. The molecule has 0 radical (unpaired) electrons. The number of carboxylic acid groups (broad SMARTS) is 1. The molecular weight excluding hydrogens is 212 g/mol. The summed E-state index contributed by atoms with van der Waals surface area (Å²) in [5.41, 5.74) is 2.25. The van der Waals surface area contributed by atoms with Crippen molar-refractivity contribution in [3.63, 3.8) is 0 Å². The third kappa shape index (κ3) is 4.34. The summed E-state index contributed by atoms with van der Waals surface area (Å²) in [7, 11) is 0. The summed E-state index contributed by atoms with van der Waals surface area (Å²) in [6.45, 7) is 1.97. The van der Waals surface area contributed by atoms with Crippen molar-refractivity contribution < 1.29 is 9.90 Å². The van der Waals surface area contributed by atoms with Crippen LogP contribution in [0.25, 0.3) is 0 Å². The third-order valence-corrected chi connectivity index (χ3v) is 2.75. The molecule has 0 amide bonds. The van der Waals surface area contributed by atoms with Crippen molar-refractivity contribution in [3.8, 4) is 0 Å². The Morgan fingerprint density at radius 2 is 2.13 bits per heavy atom. The van der Waals surface area contributed by atoms with Crippen LogP contribution in [0.1, 0.15) is 30.4 Å². The Kier molecular flexibility index (Phi) is 4.63. The molecule has 0 aliphatic carbocycles. The number of carbonyl (C=O) groups is 1. The monoisotopic (exact) mass is 226 g/mol. The maximum Gasteiger partial charge on any atom is 0.303 e. The molecule has 1 N–H and O–H groups in total. The van der Waals surface area contributed by atoms with Crippen LogP contribution in [-0.2, 0) is 11.2 Å². The molecule has 15 heavy (non-hydrogen) atoms. The highest BCUT2D eigenvalue weighted by molar-refractivity contribution is 6.31. The van der Waals surface area contributed by atoms with Gasteiger partial charge in [0.05, 0.1) is 0 Å². The number of hydrogen-bond acceptors (Lipinski definition) is 1. The van der Waals surface area contributed by atoms with Crippen LogP contribution in [0, 0.1) is 6.92 Å². The third-order valence-electron chi connectivity index (χ3n) is 2.34. The number of halogens is 1. The molecule has 0 aromatic heterocycles. The fraction of sp³-hybridized carbons (Fsp3) is 0.417. The molecule has 0 fully saturated rings. The summed E-state index contributed by atoms with van der Waals surface area (Å²) >= 11 is 5.98. The Bertz CT molecular complexity index is 347. The Hall–Kier alpha value is -1.02. The zero-order valence-corrected chi connectivity index (χ0v) is 9.55. The molecule has 0 saturated carbocycles. The zero-order chi connectivity index (χ0) is 11.3. The van der Waals surface area contributed by atoms with Crippen LogP contribution in [0.15, 0.2) is 18.2 Å². The number of unbranched alkanes of at least 4 members (excludes halogenated alkanes) is 1. The number of aryl methyl sites for hydroxylation is 2. The second-order valence-electron chi connectivity index (χ2n) is 3.68. The zero-order valence-electron chi connectivity index (χ0n) is 8.79. The van der Waals surface area contributed by atoms with Crippen LogP contribution in [0.4, 0.5) is 0 Å². The smallest absolute Gasteiger partial charge is 0.303 e. The molecule has 0 unspecified atom stereocenters. The van der Waals surface area contributed by atoms with Gasteiger partial charge in [0.1, 0.15) is 0 Å². The predicted molar refractivity (Wildman–Crippen MR) is 61.4 cm³/mol. The molecule has 0 aliphatic rings. The van der Waals surface area contributed by atoms with Gasteiger partial charge in [0.2, 0.25) is 0 Å². The molecule has 0 spiro atoms. The van der Waals surface area contributed by atoms with Crippen molar-refractivity contribution in [1.82, 2.24) is 0 Å².